The average molecular weight is 268 g/mol. The molecule has 1 aromatic heterocycles. The Bertz CT molecular complexity index is 239. The topological polar surface area (TPSA) is 38.9 Å². The third kappa shape index (κ3) is 1.73. The lowest BCUT2D eigenvalue weighted by Gasteiger charge is -1.98. The van der Waals surface area contributed by atoms with E-state index in [0.29, 0.717) is 11.6 Å². The van der Waals surface area contributed by atoms with Crippen LogP contribution in [0, 0.1) is 3.57 Å². The first kappa shape index (κ1) is 8.07. The van der Waals surface area contributed by atoms with Gasteiger partial charge in [-0.2, -0.15) is 0 Å². The molecule has 1 aromatic rings. The van der Waals surface area contributed by atoms with Crippen molar-refractivity contribution < 1.29 is 0 Å². The van der Waals surface area contributed by atoms with Gasteiger partial charge in [-0.15, -0.1) is 11.6 Å². The number of nitrogen functional groups attached to an aromatic ring is 1. The maximum atomic E-state index is 5.58. The number of alkyl halides is 1. The first-order valence-corrected chi connectivity index (χ1v) is 4.31. The Balaban J connectivity index is 3.07. The molecule has 10 heavy (non-hydrogen) atoms. The van der Waals surface area contributed by atoms with Crippen molar-refractivity contribution in [1.82, 2.24) is 4.98 Å². The van der Waals surface area contributed by atoms with Crippen LogP contribution >= 0.6 is 34.2 Å². The van der Waals surface area contributed by atoms with Gasteiger partial charge in [0.15, 0.2) is 0 Å². The molecule has 0 radical (unpaired) electrons. The molecular weight excluding hydrogens is 262 g/mol. The van der Waals surface area contributed by atoms with Gasteiger partial charge >= 0.3 is 0 Å². The van der Waals surface area contributed by atoms with Crippen LogP contribution in [0.2, 0.25) is 0 Å². The number of anilines is 1. The van der Waals surface area contributed by atoms with Gasteiger partial charge in [-0.1, -0.05) is 0 Å². The number of pyridine rings is 1. The zero-order valence-electron chi connectivity index (χ0n) is 5.14. The molecule has 0 spiro atoms. The van der Waals surface area contributed by atoms with Crippen LogP contribution in [0.15, 0.2) is 12.3 Å². The number of aromatic nitrogens is 1. The van der Waals surface area contributed by atoms with E-state index >= 15 is 0 Å². The largest absolute Gasteiger partial charge is 0.397 e. The van der Waals surface area contributed by atoms with Gasteiger partial charge in [0.05, 0.1) is 23.5 Å². The SMILES string of the molecule is Nc1cnc(CCl)c(I)c1. The second-order valence-electron chi connectivity index (χ2n) is 1.83. The molecule has 0 bridgehead atoms. The summed E-state index contributed by atoms with van der Waals surface area (Å²) >= 11 is 7.74. The molecule has 0 saturated carbocycles. The molecule has 0 amide bonds. The van der Waals surface area contributed by atoms with Gasteiger partial charge in [0, 0.05) is 3.57 Å². The molecule has 0 saturated heterocycles. The lowest BCUT2D eigenvalue weighted by Crippen LogP contribution is -1.93. The van der Waals surface area contributed by atoms with Crippen molar-refractivity contribution in [3.8, 4) is 0 Å². The molecule has 54 valence electrons. The molecule has 4 heteroatoms. The smallest absolute Gasteiger partial charge is 0.0686 e. The summed E-state index contributed by atoms with van der Waals surface area (Å²) in [6.07, 6.45) is 1.61. The fourth-order valence-electron chi connectivity index (χ4n) is 0.579. The molecule has 2 nitrogen and oxygen atoms in total. The Labute approximate surface area is 77.9 Å². The van der Waals surface area contributed by atoms with E-state index in [1.54, 1.807) is 6.20 Å². The zero-order chi connectivity index (χ0) is 7.56. The van der Waals surface area contributed by atoms with Gasteiger partial charge in [0.2, 0.25) is 0 Å². The average Bonchev–Trinajstić information content (AvgIpc) is 1.88. The number of nitrogens with zero attached hydrogens (tertiary/aromatic N) is 1. The molecular formula is C6H6ClIN2. The van der Waals surface area contributed by atoms with Gasteiger partial charge < -0.3 is 5.73 Å². The van der Waals surface area contributed by atoms with Crippen molar-refractivity contribution in [2.75, 3.05) is 5.73 Å². The van der Waals surface area contributed by atoms with Gasteiger partial charge in [-0.25, -0.2) is 0 Å². The summed E-state index contributed by atoms with van der Waals surface area (Å²) in [5.74, 6) is 0.443. The van der Waals surface area contributed by atoms with E-state index in [1.165, 1.54) is 0 Å². The van der Waals surface area contributed by atoms with E-state index < -0.39 is 0 Å². The van der Waals surface area contributed by atoms with Crippen LogP contribution < -0.4 is 5.73 Å². The number of halogens is 2. The summed E-state index contributed by atoms with van der Waals surface area (Å²) in [5.41, 5.74) is 7.04. The van der Waals surface area contributed by atoms with Gasteiger partial charge in [0.1, 0.15) is 0 Å². The Kier molecular flexibility index (Phi) is 2.73. The normalized spacial score (nSPS) is 9.80. The predicted octanol–water partition coefficient (Wildman–Crippen LogP) is 2.01. The number of rotatable bonds is 1. The van der Waals surface area contributed by atoms with E-state index in [2.05, 4.69) is 27.6 Å². The van der Waals surface area contributed by atoms with E-state index in [4.69, 9.17) is 17.3 Å². The van der Waals surface area contributed by atoms with Crippen LogP contribution in [0.4, 0.5) is 5.69 Å². The minimum absolute atomic E-state index is 0.443. The second kappa shape index (κ2) is 3.39. The standard InChI is InChI=1S/C6H6ClIN2/c7-2-6-5(8)1-4(9)3-10-6/h1,3H,2,9H2. The van der Waals surface area contributed by atoms with Crippen LogP contribution in [0.3, 0.4) is 0 Å². The molecule has 0 aromatic carbocycles. The molecule has 0 atom stereocenters. The molecule has 0 aliphatic heterocycles. The molecule has 1 heterocycles. The number of hydrogen-bond donors (Lipinski definition) is 1. The molecule has 2 N–H and O–H groups in total. The van der Waals surface area contributed by atoms with Crippen molar-refractivity contribution >= 4 is 39.9 Å². The lowest BCUT2D eigenvalue weighted by atomic mass is 10.3. The van der Waals surface area contributed by atoms with Gasteiger partial charge in [-0.05, 0) is 28.7 Å². The molecule has 1 rings (SSSR count). The Morgan fingerprint density at radius 1 is 1.70 bits per heavy atom. The van der Waals surface area contributed by atoms with Crippen molar-refractivity contribution in [3.63, 3.8) is 0 Å². The molecule has 0 aliphatic carbocycles. The van der Waals surface area contributed by atoms with Crippen LogP contribution in [0.25, 0.3) is 0 Å². The van der Waals surface area contributed by atoms with Gasteiger partial charge in [0.25, 0.3) is 0 Å². The first-order chi connectivity index (χ1) is 4.74. The minimum atomic E-state index is 0.443. The fourth-order valence-corrected chi connectivity index (χ4v) is 1.71. The number of nitrogens with two attached hydrogens (primary N) is 1. The molecule has 0 unspecified atom stereocenters. The van der Waals surface area contributed by atoms with E-state index in [0.717, 1.165) is 9.26 Å². The predicted molar refractivity (Wildman–Crippen MR) is 50.9 cm³/mol. The summed E-state index contributed by atoms with van der Waals surface area (Å²) in [6.45, 7) is 0. The highest BCUT2D eigenvalue weighted by atomic mass is 127. The Hall–Kier alpha value is -0.0300. The highest BCUT2D eigenvalue weighted by molar-refractivity contribution is 14.1. The van der Waals surface area contributed by atoms with Crippen molar-refractivity contribution in [2.24, 2.45) is 0 Å². The zero-order valence-corrected chi connectivity index (χ0v) is 8.06. The maximum Gasteiger partial charge on any atom is 0.0686 e. The highest BCUT2D eigenvalue weighted by Crippen LogP contribution is 2.14. The minimum Gasteiger partial charge on any atom is -0.397 e. The molecule has 0 aliphatic rings. The van der Waals surface area contributed by atoms with Crippen LogP contribution in [0.1, 0.15) is 5.69 Å². The van der Waals surface area contributed by atoms with Crippen molar-refractivity contribution in [2.45, 2.75) is 5.88 Å². The van der Waals surface area contributed by atoms with Crippen LogP contribution in [0.5, 0.6) is 0 Å². The Morgan fingerprint density at radius 3 is 2.90 bits per heavy atom. The third-order valence-electron chi connectivity index (χ3n) is 1.07. The van der Waals surface area contributed by atoms with Gasteiger partial charge in [-0.3, -0.25) is 4.98 Å². The Morgan fingerprint density at radius 2 is 2.40 bits per heavy atom. The molecule has 0 fully saturated rings. The third-order valence-corrected chi connectivity index (χ3v) is 2.25. The summed E-state index contributed by atoms with van der Waals surface area (Å²) in [7, 11) is 0. The fraction of sp³-hybridized carbons (Fsp3) is 0.167. The van der Waals surface area contributed by atoms with E-state index in [9.17, 15) is 0 Å². The van der Waals surface area contributed by atoms with E-state index in [-0.39, 0.29) is 0 Å². The lowest BCUT2D eigenvalue weighted by molar-refractivity contribution is 1.15. The van der Waals surface area contributed by atoms with E-state index in [1.807, 2.05) is 6.07 Å². The summed E-state index contributed by atoms with van der Waals surface area (Å²) < 4.78 is 1.02. The van der Waals surface area contributed by atoms with Crippen LogP contribution in [-0.4, -0.2) is 4.98 Å². The van der Waals surface area contributed by atoms with Crippen LogP contribution in [-0.2, 0) is 5.88 Å². The maximum absolute atomic E-state index is 5.58. The second-order valence-corrected chi connectivity index (χ2v) is 3.26. The summed E-state index contributed by atoms with van der Waals surface area (Å²) in [6, 6.07) is 1.85. The summed E-state index contributed by atoms with van der Waals surface area (Å²) in [4.78, 5) is 4.03. The highest BCUT2D eigenvalue weighted by Gasteiger charge is 1.98. The van der Waals surface area contributed by atoms with Crippen molar-refractivity contribution in [1.29, 1.82) is 0 Å². The monoisotopic (exact) mass is 268 g/mol. The van der Waals surface area contributed by atoms with Crippen molar-refractivity contribution in [3.05, 3.63) is 21.5 Å². The first-order valence-electron chi connectivity index (χ1n) is 2.70. The quantitative estimate of drug-likeness (QED) is 0.625. The summed E-state index contributed by atoms with van der Waals surface area (Å²) in [5, 5.41) is 0. The number of hydrogen-bond acceptors (Lipinski definition) is 2.